The van der Waals surface area contributed by atoms with Gasteiger partial charge in [-0.25, -0.2) is 0 Å². The fourth-order valence-electron chi connectivity index (χ4n) is 3.56. The molecule has 1 saturated heterocycles. The number of nitrogens with two attached hydrogens (primary N) is 1. The van der Waals surface area contributed by atoms with Crippen molar-refractivity contribution in [1.82, 2.24) is 4.90 Å². The summed E-state index contributed by atoms with van der Waals surface area (Å²) in [4.78, 5) is 2.70. The summed E-state index contributed by atoms with van der Waals surface area (Å²) >= 11 is 0. The van der Waals surface area contributed by atoms with Crippen molar-refractivity contribution in [1.29, 1.82) is 0 Å². The van der Waals surface area contributed by atoms with Crippen LogP contribution in [-0.4, -0.2) is 30.1 Å². The van der Waals surface area contributed by atoms with Crippen molar-refractivity contribution in [3.63, 3.8) is 0 Å². The molecule has 2 heteroatoms. The minimum atomic E-state index is 0.351. The van der Waals surface area contributed by atoms with Gasteiger partial charge in [-0.2, -0.15) is 0 Å². The van der Waals surface area contributed by atoms with Gasteiger partial charge in [0.15, 0.2) is 0 Å². The number of hydrogen-bond acceptors (Lipinski definition) is 2. The van der Waals surface area contributed by atoms with E-state index in [4.69, 9.17) is 5.73 Å². The zero-order valence-electron chi connectivity index (χ0n) is 11.1. The van der Waals surface area contributed by atoms with Crippen LogP contribution in [0.25, 0.3) is 0 Å². The van der Waals surface area contributed by atoms with E-state index in [2.05, 4.69) is 18.7 Å². The third-order valence-corrected chi connectivity index (χ3v) is 4.92. The summed E-state index contributed by atoms with van der Waals surface area (Å²) < 4.78 is 0. The summed E-state index contributed by atoms with van der Waals surface area (Å²) in [5.41, 5.74) is 7.02. The Morgan fingerprint density at radius 2 is 1.62 bits per heavy atom. The van der Waals surface area contributed by atoms with Gasteiger partial charge >= 0.3 is 0 Å². The molecule has 1 unspecified atom stereocenters. The van der Waals surface area contributed by atoms with Crippen molar-refractivity contribution < 1.29 is 0 Å². The fraction of sp³-hybridized carbons (Fsp3) is 1.00. The first-order chi connectivity index (χ1) is 7.58. The molecular formula is C14H28N2. The lowest BCUT2D eigenvalue weighted by Crippen LogP contribution is -2.52. The summed E-state index contributed by atoms with van der Waals surface area (Å²) in [5, 5.41) is 0. The first-order valence-electron chi connectivity index (χ1n) is 7.03. The van der Waals surface area contributed by atoms with Gasteiger partial charge in [0, 0.05) is 12.1 Å². The molecule has 94 valence electrons. The standard InChI is InChI=1S/C14H28N2/c1-13(2)6-5-7-14(12-15,9-8-13)16-10-3-4-11-16/h3-12,15H2,1-2H3. The molecule has 1 aliphatic carbocycles. The van der Waals surface area contributed by atoms with E-state index in [0.29, 0.717) is 11.0 Å². The predicted octanol–water partition coefficient (Wildman–Crippen LogP) is 2.77. The van der Waals surface area contributed by atoms with Crippen LogP contribution in [0.5, 0.6) is 0 Å². The second kappa shape index (κ2) is 4.66. The number of likely N-dealkylation sites (tertiary alicyclic amines) is 1. The monoisotopic (exact) mass is 224 g/mol. The van der Waals surface area contributed by atoms with Gasteiger partial charge in [0.2, 0.25) is 0 Å². The quantitative estimate of drug-likeness (QED) is 0.731. The maximum atomic E-state index is 6.13. The maximum Gasteiger partial charge on any atom is 0.0331 e. The van der Waals surface area contributed by atoms with E-state index in [-0.39, 0.29) is 0 Å². The first-order valence-corrected chi connectivity index (χ1v) is 7.03. The molecule has 1 aliphatic heterocycles. The molecule has 16 heavy (non-hydrogen) atoms. The van der Waals surface area contributed by atoms with E-state index in [1.807, 2.05) is 0 Å². The lowest BCUT2D eigenvalue weighted by molar-refractivity contribution is 0.102. The normalized spacial score (nSPS) is 36.2. The van der Waals surface area contributed by atoms with Crippen LogP contribution >= 0.6 is 0 Å². The Hall–Kier alpha value is -0.0800. The Morgan fingerprint density at radius 1 is 0.938 bits per heavy atom. The molecule has 2 nitrogen and oxygen atoms in total. The van der Waals surface area contributed by atoms with Crippen molar-refractivity contribution >= 4 is 0 Å². The van der Waals surface area contributed by atoms with Crippen molar-refractivity contribution in [2.75, 3.05) is 19.6 Å². The predicted molar refractivity (Wildman–Crippen MR) is 69.5 cm³/mol. The zero-order valence-corrected chi connectivity index (χ0v) is 11.1. The van der Waals surface area contributed by atoms with Gasteiger partial charge in [0.25, 0.3) is 0 Å². The van der Waals surface area contributed by atoms with Crippen LogP contribution in [0, 0.1) is 5.41 Å². The van der Waals surface area contributed by atoms with Crippen molar-refractivity contribution in [2.24, 2.45) is 11.1 Å². The molecule has 0 aromatic carbocycles. The lowest BCUT2D eigenvalue weighted by atomic mass is 9.83. The highest BCUT2D eigenvalue weighted by Crippen LogP contribution is 2.41. The summed E-state index contributed by atoms with van der Waals surface area (Å²) in [6.07, 6.45) is 9.49. The first kappa shape index (κ1) is 12.4. The maximum absolute atomic E-state index is 6.13. The van der Waals surface area contributed by atoms with Crippen molar-refractivity contribution in [3.8, 4) is 0 Å². The van der Waals surface area contributed by atoms with E-state index in [0.717, 1.165) is 6.54 Å². The van der Waals surface area contributed by atoms with Crippen LogP contribution in [0.3, 0.4) is 0 Å². The van der Waals surface area contributed by atoms with Crippen LogP contribution in [0.4, 0.5) is 0 Å². The van der Waals surface area contributed by atoms with Gasteiger partial charge in [-0.3, -0.25) is 4.90 Å². The minimum absolute atomic E-state index is 0.351. The topological polar surface area (TPSA) is 29.3 Å². The van der Waals surface area contributed by atoms with Gasteiger partial charge in [-0.15, -0.1) is 0 Å². The molecule has 0 amide bonds. The highest BCUT2D eigenvalue weighted by Gasteiger charge is 2.39. The smallest absolute Gasteiger partial charge is 0.0331 e. The number of hydrogen-bond donors (Lipinski definition) is 1. The molecule has 0 aromatic heterocycles. The third kappa shape index (κ3) is 2.43. The van der Waals surface area contributed by atoms with Gasteiger partial charge < -0.3 is 5.73 Å². The molecule has 1 saturated carbocycles. The van der Waals surface area contributed by atoms with E-state index in [1.54, 1.807) is 0 Å². The second-order valence-corrected chi connectivity index (χ2v) is 6.64. The summed E-state index contributed by atoms with van der Waals surface area (Å²) in [5.74, 6) is 0. The van der Waals surface area contributed by atoms with Crippen LogP contribution < -0.4 is 5.73 Å². The van der Waals surface area contributed by atoms with Crippen molar-refractivity contribution in [2.45, 2.75) is 64.3 Å². The molecule has 2 rings (SSSR count). The van der Waals surface area contributed by atoms with Crippen LogP contribution in [-0.2, 0) is 0 Å². The van der Waals surface area contributed by atoms with E-state index in [1.165, 1.54) is 58.0 Å². The highest BCUT2D eigenvalue weighted by atomic mass is 15.2. The minimum Gasteiger partial charge on any atom is -0.329 e. The lowest BCUT2D eigenvalue weighted by Gasteiger charge is -2.41. The average molecular weight is 224 g/mol. The van der Waals surface area contributed by atoms with E-state index >= 15 is 0 Å². The molecule has 2 aliphatic rings. The summed E-state index contributed by atoms with van der Waals surface area (Å²) in [7, 11) is 0. The molecule has 1 heterocycles. The van der Waals surface area contributed by atoms with Gasteiger partial charge in [-0.05, 0) is 57.0 Å². The molecular weight excluding hydrogens is 196 g/mol. The summed E-state index contributed by atoms with van der Waals surface area (Å²) in [6.45, 7) is 8.28. The van der Waals surface area contributed by atoms with Crippen molar-refractivity contribution in [3.05, 3.63) is 0 Å². The van der Waals surface area contributed by atoms with Crippen LogP contribution in [0.1, 0.15) is 58.8 Å². The second-order valence-electron chi connectivity index (χ2n) is 6.64. The Kier molecular flexibility index (Phi) is 3.60. The van der Waals surface area contributed by atoms with Gasteiger partial charge in [-0.1, -0.05) is 20.3 Å². The largest absolute Gasteiger partial charge is 0.329 e. The van der Waals surface area contributed by atoms with E-state index in [9.17, 15) is 0 Å². The Bertz CT molecular complexity index is 231. The molecule has 1 atom stereocenters. The Labute approximate surface area is 101 Å². The van der Waals surface area contributed by atoms with E-state index < -0.39 is 0 Å². The Balaban J connectivity index is 2.08. The fourth-order valence-corrected chi connectivity index (χ4v) is 3.56. The molecule has 0 spiro atoms. The van der Waals surface area contributed by atoms with Crippen LogP contribution in [0.2, 0.25) is 0 Å². The zero-order chi connectivity index (χ0) is 11.6. The molecule has 0 radical (unpaired) electrons. The third-order valence-electron chi connectivity index (χ3n) is 4.92. The Morgan fingerprint density at radius 3 is 2.25 bits per heavy atom. The molecule has 2 fully saturated rings. The average Bonchev–Trinajstić information content (AvgIpc) is 2.72. The van der Waals surface area contributed by atoms with Gasteiger partial charge in [0.1, 0.15) is 0 Å². The number of nitrogens with zero attached hydrogens (tertiary/aromatic N) is 1. The van der Waals surface area contributed by atoms with Crippen LogP contribution in [0.15, 0.2) is 0 Å². The number of rotatable bonds is 2. The molecule has 0 aromatic rings. The molecule has 2 N–H and O–H groups in total. The highest BCUT2D eigenvalue weighted by molar-refractivity contribution is 4.97. The van der Waals surface area contributed by atoms with Gasteiger partial charge in [0.05, 0.1) is 0 Å². The summed E-state index contributed by atoms with van der Waals surface area (Å²) in [6, 6.07) is 0. The SMILES string of the molecule is CC1(C)CCCC(CN)(N2CCCC2)CC1. The molecule has 0 bridgehead atoms.